The Morgan fingerprint density at radius 2 is 2.29 bits per heavy atom. The molecular formula is C16H22N4S. The number of H-pyrrole nitrogens is 1. The van der Waals surface area contributed by atoms with Gasteiger partial charge in [0.15, 0.2) is 5.96 Å². The van der Waals surface area contributed by atoms with Crippen LogP contribution < -0.4 is 10.6 Å². The molecule has 1 aromatic heterocycles. The molecule has 0 spiro atoms. The number of aromatic nitrogens is 1. The molecule has 1 unspecified atom stereocenters. The molecule has 2 heterocycles. The van der Waals surface area contributed by atoms with E-state index >= 15 is 0 Å². The van der Waals surface area contributed by atoms with Crippen molar-refractivity contribution in [2.24, 2.45) is 4.99 Å². The molecule has 21 heavy (non-hydrogen) atoms. The van der Waals surface area contributed by atoms with E-state index in [-0.39, 0.29) is 0 Å². The minimum absolute atomic E-state index is 0.733. The third-order valence-electron chi connectivity index (χ3n) is 3.78. The molecule has 0 radical (unpaired) electrons. The van der Waals surface area contributed by atoms with E-state index in [4.69, 9.17) is 0 Å². The molecule has 2 aromatic rings. The zero-order chi connectivity index (χ0) is 14.5. The Bertz CT molecular complexity index is 581. The van der Waals surface area contributed by atoms with Gasteiger partial charge in [0, 0.05) is 30.1 Å². The number of aromatic amines is 1. The molecule has 3 rings (SSSR count). The number of rotatable bonds is 4. The van der Waals surface area contributed by atoms with Gasteiger partial charge in [0.05, 0.1) is 6.54 Å². The van der Waals surface area contributed by atoms with Gasteiger partial charge >= 0.3 is 0 Å². The molecule has 5 heteroatoms. The van der Waals surface area contributed by atoms with Crippen LogP contribution in [0, 0.1) is 0 Å². The summed E-state index contributed by atoms with van der Waals surface area (Å²) in [6.07, 6.45) is 2.66. The second-order valence-corrected chi connectivity index (χ2v) is 6.73. The van der Waals surface area contributed by atoms with Crippen LogP contribution in [0.15, 0.2) is 35.3 Å². The Labute approximate surface area is 129 Å². The quantitative estimate of drug-likeness (QED) is 0.601. The lowest BCUT2D eigenvalue weighted by Crippen LogP contribution is -2.39. The Kier molecular flexibility index (Phi) is 4.70. The van der Waals surface area contributed by atoms with E-state index in [0.29, 0.717) is 0 Å². The highest BCUT2D eigenvalue weighted by atomic mass is 32.2. The zero-order valence-electron chi connectivity index (χ0n) is 12.4. The van der Waals surface area contributed by atoms with Crippen molar-refractivity contribution in [1.82, 2.24) is 15.6 Å². The molecule has 1 saturated heterocycles. The van der Waals surface area contributed by atoms with Crippen molar-refractivity contribution in [2.75, 3.05) is 19.3 Å². The molecular weight excluding hydrogens is 280 g/mol. The molecule has 4 nitrogen and oxygen atoms in total. The first-order chi connectivity index (χ1) is 10.3. The highest BCUT2D eigenvalue weighted by Crippen LogP contribution is 2.25. The summed E-state index contributed by atoms with van der Waals surface area (Å²) in [6, 6.07) is 10.5. The standard InChI is InChI=1S/C16H22N4S/c1-17-16(19-11-14-6-4-8-21-14)18-10-13-9-12-5-2-3-7-15(12)20-13/h2-3,5,7,9,14,20H,4,6,8,10-11H2,1H3,(H2,17,18,19). The average Bonchev–Trinajstić information content (AvgIpc) is 3.16. The van der Waals surface area contributed by atoms with E-state index in [2.05, 4.69) is 62.7 Å². The molecule has 1 aromatic carbocycles. The lowest BCUT2D eigenvalue weighted by molar-refractivity contribution is 0.724. The van der Waals surface area contributed by atoms with Crippen molar-refractivity contribution in [2.45, 2.75) is 24.6 Å². The van der Waals surface area contributed by atoms with Gasteiger partial charge in [-0.15, -0.1) is 0 Å². The van der Waals surface area contributed by atoms with Gasteiger partial charge in [0.2, 0.25) is 0 Å². The molecule has 3 N–H and O–H groups in total. The largest absolute Gasteiger partial charge is 0.357 e. The number of fused-ring (bicyclic) bond motifs is 1. The van der Waals surface area contributed by atoms with Gasteiger partial charge in [-0.3, -0.25) is 4.99 Å². The van der Waals surface area contributed by atoms with Crippen LogP contribution in [0.5, 0.6) is 0 Å². The number of nitrogens with one attached hydrogen (secondary N) is 3. The number of guanidine groups is 1. The van der Waals surface area contributed by atoms with Crippen LogP contribution in [0.3, 0.4) is 0 Å². The van der Waals surface area contributed by atoms with Crippen molar-refractivity contribution < 1.29 is 0 Å². The van der Waals surface area contributed by atoms with Gasteiger partial charge in [-0.1, -0.05) is 18.2 Å². The maximum atomic E-state index is 4.29. The molecule has 112 valence electrons. The first kappa shape index (κ1) is 14.3. The maximum absolute atomic E-state index is 4.29. The SMILES string of the molecule is CN=C(NCc1cc2ccccc2[nH]1)NCC1CCCS1. The van der Waals surface area contributed by atoms with Crippen LogP contribution >= 0.6 is 11.8 Å². The summed E-state index contributed by atoms with van der Waals surface area (Å²) < 4.78 is 0. The highest BCUT2D eigenvalue weighted by molar-refractivity contribution is 8.00. The maximum Gasteiger partial charge on any atom is 0.191 e. The predicted molar refractivity (Wildman–Crippen MR) is 92.0 cm³/mol. The van der Waals surface area contributed by atoms with Gasteiger partial charge in [-0.05, 0) is 36.1 Å². The Morgan fingerprint density at radius 1 is 1.38 bits per heavy atom. The van der Waals surface area contributed by atoms with Gasteiger partial charge in [-0.25, -0.2) is 0 Å². The third-order valence-corrected chi connectivity index (χ3v) is 5.17. The van der Waals surface area contributed by atoms with Crippen LogP contribution in [-0.4, -0.2) is 35.5 Å². The minimum atomic E-state index is 0.733. The van der Waals surface area contributed by atoms with Gasteiger partial charge in [-0.2, -0.15) is 11.8 Å². The number of thioether (sulfide) groups is 1. The Balaban J connectivity index is 1.52. The zero-order valence-corrected chi connectivity index (χ0v) is 13.2. The van der Waals surface area contributed by atoms with Crippen LogP contribution in [0.2, 0.25) is 0 Å². The second-order valence-electron chi connectivity index (χ2n) is 5.32. The lowest BCUT2D eigenvalue weighted by Gasteiger charge is -2.14. The summed E-state index contributed by atoms with van der Waals surface area (Å²) in [6.45, 7) is 1.75. The fourth-order valence-corrected chi connectivity index (χ4v) is 3.85. The molecule has 0 amide bonds. The van der Waals surface area contributed by atoms with Crippen molar-refractivity contribution in [3.63, 3.8) is 0 Å². The minimum Gasteiger partial charge on any atom is -0.357 e. The van der Waals surface area contributed by atoms with E-state index in [9.17, 15) is 0 Å². The molecule has 1 atom stereocenters. The number of hydrogen-bond donors (Lipinski definition) is 3. The number of hydrogen-bond acceptors (Lipinski definition) is 2. The summed E-state index contributed by atoms with van der Waals surface area (Å²) in [5, 5.41) is 8.77. The fraction of sp³-hybridized carbons (Fsp3) is 0.438. The van der Waals surface area contributed by atoms with Crippen molar-refractivity contribution in [1.29, 1.82) is 0 Å². The molecule has 1 aliphatic heterocycles. The second kappa shape index (κ2) is 6.89. The fourth-order valence-electron chi connectivity index (χ4n) is 2.64. The lowest BCUT2D eigenvalue weighted by atomic mass is 10.2. The Hall–Kier alpha value is -1.62. The van der Waals surface area contributed by atoms with Gasteiger partial charge in [0.1, 0.15) is 0 Å². The van der Waals surface area contributed by atoms with Crippen LogP contribution in [0.1, 0.15) is 18.5 Å². The van der Waals surface area contributed by atoms with E-state index in [1.54, 1.807) is 0 Å². The van der Waals surface area contributed by atoms with E-state index in [1.165, 1.54) is 35.2 Å². The molecule has 1 aliphatic rings. The van der Waals surface area contributed by atoms with Crippen molar-refractivity contribution in [3.8, 4) is 0 Å². The molecule has 0 aliphatic carbocycles. The summed E-state index contributed by atoms with van der Waals surface area (Å²) in [4.78, 5) is 7.71. The summed E-state index contributed by atoms with van der Waals surface area (Å²) in [5.41, 5.74) is 2.36. The van der Waals surface area contributed by atoms with Gasteiger partial charge < -0.3 is 15.6 Å². The monoisotopic (exact) mass is 302 g/mol. The van der Waals surface area contributed by atoms with Crippen molar-refractivity contribution in [3.05, 3.63) is 36.0 Å². The predicted octanol–water partition coefficient (Wildman–Crippen LogP) is 2.73. The molecule has 0 bridgehead atoms. The summed E-state index contributed by atoms with van der Waals surface area (Å²) >= 11 is 2.06. The average molecular weight is 302 g/mol. The number of nitrogens with zero attached hydrogens (tertiary/aromatic N) is 1. The van der Waals surface area contributed by atoms with E-state index < -0.39 is 0 Å². The molecule has 1 fully saturated rings. The van der Waals surface area contributed by atoms with Crippen LogP contribution in [0.25, 0.3) is 10.9 Å². The smallest absolute Gasteiger partial charge is 0.191 e. The number of aliphatic imine (C=N–C) groups is 1. The molecule has 0 saturated carbocycles. The summed E-state index contributed by atoms with van der Waals surface area (Å²) in [5.74, 6) is 2.18. The van der Waals surface area contributed by atoms with Crippen LogP contribution in [0.4, 0.5) is 0 Å². The van der Waals surface area contributed by atoms with Crippen molar-refractivity contribution >= 4 is 28.6 Å². The Morgan fingerprint density at radius 3 is 3.05 bits per heavy atom. The number of benzene rings is 1. The van der Waals surface area contributed by atoms with E-state index in [0.717, 1.165) is 24.3 Å². The normalized spacial score (nSPS) is 19.1. The topological polar surface area (TPSA) is 52.2 Å². The van der Waals surface area contributed by atoms with E-state index in [1.807, 2.05) is 7.05 Å². The first-order valence-corrected chi connectivity index (χ1v) is 8.53. The first-order valence-electron chi connectivity index (χ1n) is 7.48. The summed E-state index contributed by atoms with van der Waals surface area (Å²) in [7, 11) is 1.82. The third kappa shape index (κ3) is 3.73. The number of para-hydroxylation sites is 1. The van der Waals surface area contributed by atoms with Gasteiger partial charge in [0.25, 0.3) is 0 Å². The highest BCUT2D eigenvalue weighted by Gasteiger charge is 2.15. The van der Waals surface area contributed by atoms with Crippen LogP contribution in [-0.2, 0) is 6.54 Å².